The lowest BCUT2D eigenvalue weighted by molar-refractivity contribution is -0.142. The number of aliphatic carboxylic acids is 1. The number of esters is 1. The van der Waals surface area contributed by atoms with Crippen molar-refractivity contribution in [2.45, 2.75) is 32.4 Å². The van der Waals surface area contributed by atoms with E-state index in [0.29, 0.717) is 64.9 Å². The lowest BCUT2D eigenvalue weighted by atomic mass is 9.94. The van der Waals surface area contributed by atoms with Crippen LogP contribution in [0.15, 0.2) is 50.5 Å². The highest BCUT2D eigenvalue weighted by Gasteiger charge is 2.36. The fourth-order valence-electron chi connectivity index (χ4n) is 4.39. The first-order valence-electron chi connectivity index (χ1n) is 11.9. The third-order valence-electron chi connectivity index (χ3n) is 6.27. The molecule has 3 heterocycles. The number of aromatic nitrogens is 1. The van der Waals surface area contributed by atoms with E-state index in [-0.39, 0.29) is 12.6 Å². The Labute approximate surface area is 226 Å². The number of carbonyl (C=O) groups is 2. The molecule has 0 spiro atoms. The molecule has 2 N–H and O–H groups in total. The predicted octanol–water partition coefficient (Wildman–Crippen LogP) is 3.76. The van der Waals surface area contributed by atoms with Crippen molar-refractivity contribution in [2.75, 3.05) is 32.9 Å². The van der Waals surface area contributed by atoms with Gasteiger partial charge in [0.2, 0.25) is 0 Å². The minimum Gasteiger partial charge on any atom is -0.481 e. The van der Waals surface area contributed by atoms with Crippen LogP contribution in [0.25, 0.3) is 0 Å². The molecule has 3 atom stereocenters. The molecular formula is C25H28BrFN4O5S. The number of thiazole rings is 1. The normalized spacial score (nSPS) is 21.2. The SMILES string of the molecule is CCOC(=O)C1=C(CN2CCOC[C@H]2CC(C)C(=O)O)NC(c2nccs2)=N[C@H]1c1ccc(F)cc1Br. The first-order chi connectivity index (χ1) is 17.8. The molecule has 0 bridgehead atoms. The van der Waals surface area contributed by atoms with Gasteiger partial charge in [0.15, 0.2) is 10.8 Å². The number of hydrogen-bond acceptors (Lipinski definition) is 9. The maximum atomic E-state index is 13.9. The van der Waals surface area contributed by atoms with Gasteiger partial charge in [0.1, 0.15) is 11.9 Å². The highest BCUT2D eigenvalue weighted by Crippen LogP contribution is 2.37. The van der Waals surface area contributed by atoms with Gasteiger partial charge in [0.05, 0.1) is 31.3 Å². The Morgan fingerprint density at radius 2 is 2.24 bits per heavy atom. The summed E-state index contributed by atoms with van der Waals surface area (Å²) in [7, 11) is 0. The molecule has 2 aromatic rings. The van der Waals surface area contributed by atoms with Gasteiger partial charge in [-0.3, -0.25) is 14.7 Å². The van der Waals surface area contributed by atoms with Crippen molar-refractivity contribution in [3.63, 3.8) is 0 Å². The molecular weight excluding hydrogens is 567 g/mol. The van der Waals surface area contributed by atoms with E-state index in [2.05, 4.69) is 31.1 Å². The number of nitrogens with one attached hydrogen (secondary N) is 1. The molecule has 0 radical (unpaired) electrons. The number of benzene rings is 1. The van der Waals surface area contributed by atoms with Crippen LogP contribution in [0, 0.1) is 11.7 Å². The average Bonchev–Trinajstić information content (AvgIpc) is 3.40. The van der Waals surface area contributed by atoms with Crippen LogP contribution in [0.4, 0.5) is 4.39 Å². The van der Waals surface area contributed by atoms with Gasteiger partial charge in [0, 0.05) is 40.9 Å². The minimum atomic E-state index is -0.868. The predicted molar refractivity (Wildman–Crippen MR) is 140 cm³/mol. The highest BCUT2D eigenvalue weighted by atomic mass is 79.9. The van der Waals surface area contributed by atoms with Crippen molar-refractivity contribution in [2.24, 2.45) is 10.9 Å². The molecule has 0 aliphatic carbocycles. The molecule has 4 rings (SSSR count). The van der Waals surface area contributed by atoms with Gasteiger partial charge < -0.3 is 19.9 Å². The summed E-state index contributed by atoms with van der Waals surface area (Å²) < 4.78 is 25.5. The van der Waals surface area contributed by atoms with Crippen molar-refractivity contribution in [3.8, 4) is 0 Å². The molecule has 2 aliphatic rings. The van der Waals surface area contributed by atoms with Gasteiger partial charge in [-0.1, -0.05) is 28.9 Å². The first kappa shape index (κ1) is 27.4. The Hall–Kier alpha value is -2.67. The molecule has 1 unspecified atom stereocenters. The monoisotopic (exact) mass is 594 g/mol. The first-order valence-corrected chi connectivity index (χ1v) is 13.6. The summed E-state index contributed by atoms with van der Waals surface area (Å²) >= 11 is 4.84. The molecule has 0 amide bonds. The smallest absolute Gasteiger partial charge is 0.338 e. The Balaban J connectivity index is 1.78. The van der Waals surface area contributed by atoms with E-state index in [1.54, 1.807) is 26.1 Å². The number of carbonyl (C=O) groups excluding carboxylic acids is 1. The lowest BCUT2D eigenvalue weighted by Crippen LogP contribution is -2.49. The topological polar surface area (TPSA) is 113 Å². The second-order valence-corrected chi connectivity index (χ2v) is 10.5. The number of carboxylic acids is 1. The fraction of sp³-hybridized carbons (Fsp3) is 0.440. The number of amidine groups is 1. The fourth-order valence-corrected chi connectivity index (χ4v) is 5.55. The summed E-state index contributed by atoms with van der Waals surface area (Å²) in [5, 5.41) is 15.2. The summed E-state index contributed by atoms with van der Waals surface area (Å²) in [5.74, 6) is -1.88. The van der Waals surface area contributed by atoms with E-state index in [1.807, 2.05) is 5.38 Å². The maximum Gasteiger partial charge on any atom is 0.338 e. The summed E-state index contributed by atoms with van der Waals surface area (Å²) in [6.45, 7) is 5.33. The van der Waals surface area contributed by atoms with Crippen molar-refractivity contribution in [1.82, 2.24) is 15.2 Å². The van der Waals surface area contributed by atoms with Gasteiger partial charge in [0.25, 0.3) is 0 Å². The van der Waals surface area contributed by atoms with Crippen LogP contribution in [-0.4, -0.2) is 71.7 Å². The third kappa shape index (κ3) is 6.43. The minimum absolute atomic E-state index is 0.157. The zero-order valence-corrected chi connectivity index (χ0v) is 22.8. The van der Waals surface area contributed by atoms with Gasteiger partial charge in [-0.05, 0) is 31.0 Å². The zero-order chi connectivity index (χ0) is 26.5. The van der Waals surface area contributed by atoms with Crippen molar-refractivity contribution in [1.29, 1.82) is 0 Å². The van der Waals surface area contributed by atoms with E-state index >= 15 is 0 Å². The lowest BCUT2D eigenvalue weighted by Gasteiger charge is -2.38. The zero-order valence-electron chi connectivity index (χ0n) is 20.4. The molecule has 12 heteroatoms. The number of halogens is 2. The van der Waals surface area contributed by atoms with Gasteiger partial charge in [-0.15, -0.1) is 11.3 Å². The summed E-state index contributed by atoms with van der Waals surface area (Å²) in [6, 6.07) is 3.33. The Kier molecular flexibility index (Phi) is 9.06. The van der Waals surface area contributed by atoms with E-state index in [1.165, 1.54) is 23.5 Å². The molecule has 1 fully saturated rings. The average molecular weight is 595 g/mol. The molecule has 37 heavy (non-hydrogen) atoms. The van der Waals surface area contributed by atoms with E-state index in [9.17, 15) is 19.1 Å². The molecule has 9 nitrogen and oxygen atoms in total. The van der Waals surface area contributed by atoms with Gasteiger partial charge in [-0.2, -0.15) is 0 Å². The number of morpholine rings is 1. The number of carboxylic acid groups (broad SMARTS) is 1. The maximum absolute atomic E-state index is 13.9. The second kappa shape index (κ2) is 12.2. The Morgan fingerprint density at radius 1 is 1.43 bits per heavy atom. The quantitative estimate of drug-likeness (QED) is 0.422. The molecule has 1 saturated heterocycles. The van der Waals surface area contributed by atoms with Crippen LogP contribution in [-0.2, 0) is 19.1 Å². The van der Waals surface area contributed by atoms with Crippen LogP contribution >= 0.6 is 27.3 Å². The number of hydrogen-bond donors (Lipinski definition) is 2. The van der Waals surface area contributed by atoms with Crippen LogP contribution in [0.5, 0.6) is 0 Å². The van der Waals surface area contributed by atoms with Gasteiger partial charge >= 0.3 is 11.9 Å². The highest BCUT2D eigenvalue weighted by molar-refractivity contribution is 9.10. The molecule has 2 aliphatic heterocycles. The van der Waals surface area contributed by atoms with E-state index in [4.69, 9.17) is 14.5 Å². The molecule has 0 saturated carbocycles. The molecule has 1 aromatic carbocycles. The number of aliphatic imine (C=N–C) groups is 1. The summed E-state index contributed by atoms with van der Waals surface area (Å²) in [6.07, 6.45) is 2.07. The van der Waals surface area contributed by atoms with Crippen LogP contribution in [0.2, 0.25) is 0 Å². The van der Waals surface area contributed by atoms with Crippen LogP contribution in [0.1, 0.15) is 36.9 Å². The Morgan fingerprint density at radius 3 is 2.92 bits per heavy atom. The van der Waals surface area contributed by atoms with Crippen LogP contribution < -0.4 is 5.32 Å². The summed E-state index contributed by atoms with van der Waals surface area (Å²) in [4.78, 5) is 36.2. The van der Waals surface area contributed by atoms with Crippen molar-refractivity contribution < 1.29 is 28.6 Å². The second-order valence-electron chi connectivity index (χ2n) is 8.80. The summed E-state index contributed by atoms with van der Waals surface area (Å²) in [5.41, 5.74) is 1.50. The molecule has 1 aromatic heterocycles. The number of nitrogens with zero attached hydrogens (tertiary/aromatic N) is 3. The van der Waals surface area contributed by atoms with Gasteiger partial charge in [-0.25, -0.2) is 14.2 Å². The third-order valence-corrected chi connectivity index (χ3v) is 7.74. The van der Waals surface area contributed by atoms with Crippen LogP contribution in [0.3, 0.4) is 0 Å². The molecule has 198 valence electrons. The van der Waals surface area contributed by atoms with Crippen molar-refractivity contribution in [3.05, 3.63) is 61.9 Å². The van der Waals surface area contributed by atoms with E-state index in [0.717, 1.165) is 0 Å². The number of ether oxygens (including phenoxy) is 2. The largest absolute Gasteiger partial charge is 0.481 e. The van der Waals surface area contributed by atoms with Crippen molar-refractivity contribution >= 4 is 45.0 Å². The Bertz CT molecular complexity index is 1210. The standard InChI is InChI=1S/C25H28BrFN4O5S/c1-3-36-25(34)20-19(12-31-7-8-35-13-16(31)10-14(2)24(32)33)29-22(23-28-6-9-37-23)30-21(20)17-5-4-15(27)11-18(17)26/h4-6,9,11,14,16,21H,3,7-8,10,12-13H2,1-2H3,(H,29,30)(H,32,33)/t14?,16-,21+/m1/s1. The van der Waals surface area contributed by atoms with E-state index < -0.39 is 29.7 Å². The number of rotatable bonds is 9.